The number of halogens is 1. The summed E-state index contributed by atoms with van der Waals surface area (Å²) in [6.45, 7) is 0.119. The Morgan fingerprint density at radius 3 is 2.75 bits per heavy atom. The molecule has 0 saturated heterocycles. The lowest BCUT2D eigenvalue weighted by atomic mass is 10.3. The minimum absolute atomic E-state index is 0.0242. The summed E-state index contributed by atoms with van der Waals surface area (Å²) in [5.41, 5.74) is 0. The van der Waals surface area contributed by atoms with E-state index in [1.54, 1.807) is 12.1 Å². The molecule has 1 aromatic heterocycles. The topological polar surface area (TPSA) is 58.6 Å². The maximum Gasteiger partial charge on any atom is 0.261 e. The van der Waals surface area contributed by atoms with Gasteiger partial charge in [-0.15, -0.1) is 11.3 Å². The van der Waals surface area contributed by atoms with Crippen LogP contribution in [0.25, 0.3) is 0 Å². The van der Waals surface area contributed by atoms with Crippen molar-refractivity contribution in [2.24, 2.45) is 0 Å². The minimum Gasteiger partial charge on any atom is -0.491 e. The Bertz CT molecular complexity index is 542. The van der Waals surface area contributed by atoms with Crippen molar-refractivity contribution in [3.05, 3.63) is 52.5 Å². The Morgan fingerprint density at radius 1 is 1.35 bits per heavy atom. The molecular formula is C14H14FNO3S. The standard InChI is InChI=1S/C14H14FNO3S/c15-10-3-5-12(6-4-10)19-9-11(17)8-16-14(18)13-2-1-7-20-13/h1-7,11,17H,8-9H2,(H,16,18)/t11-/m0/s1. The van der Waals surface area contributed by atoms with Gasteiger partial charge in [-0.1, -0.05) is 6.07 Å². The minimum atomic E-state index is -0.830. The second-order valence-corrected chi connectivity index (χ2v) is 5.05. The highest BCUT2D eigenvalue weighted by Gasteiger charge is 2.10. The Hall–Kier alpha value is -1.92. The first-order chi connectivity index (χ1) is 9.65. The van der Waals surface area contributed by atoms with Crippen LogP contribution in [0.1, 0.15) is 9.67 Å². The van der Waals surface area contributed by atoms with Crippen LogP contribution in [0.3, 0.4) is 0 Å². The third kappa shape index (κ3) is 4.32. The van der Waals surface area contributed by atoms with Gasteiger partial charge in [0.15, 0.2) is 0 Å². The predicted molar refractivity (Wildman–Crippen MR) is 74.6 cm³/mol. The highest BCUT2D eigenvalue weighted by atomic mass is 32.1. The van der Waals surface area contributed by atoms with E-state index in [1.165, 1.54) is 35.6 Å². The van der Waals surface area contributed by atoms with Crippen molar-refractivity contribution in [1.29, 1.82) is 0 Å². The van der Waals surface area contributed by atoms with Gasteiger partial charge in [-0.3, -0.25) is 4.79 Å². The largest absolute Gasteiger partial charge is 0.491 e. The van der Waals surface area contributed by atoms with Crippen molar-refractivity contribution >= 4 is 17.2 Å². The van der Waals surface area contributed by atoms with Gasteiger partial charge in [-0.2, -0.15) is 0 Å². The number of benzene rings is 1. The molecule has 2 N–H and O–H groups in total. The second kappa shape index (κ2) is 7.02. The summed E-state index contributed by atoms with van der Waals surface area (Å²) in [5, 5.41) is 14.1. The zero-order valence-corrected chi connectivity index (χ0v) is 11.4. The fourth-order valence-corrected chi connectivity index (χ4v) is 2.13. The number of aliphatic hydroxyl groups is 1. The molecule has 1 amide bonds. The van der Waals surface area contributed by atoms with Crippen LogP contribution in [-0.4, -0.2) is 30.3 Å². The van der Waals surface area contributed by atoms with Gasteiger partial charge in [0.25, 0.3) is 5.91 Å². The lowest BCUT2D eigenvalue weighted by molar-refractivity contribution is 0.0847. The average molecular weight is 295 g/mol. The highest BCUT2D eigenvalue weighted by Crippen LogP contribution is 2.11. The van der Waals surface area contributed by atoms with Gasteiger partial charge >= 0.3 is 0 Å². The van der Waals surface area contributed by atoms with Crippen molar-refractivity contribution in [2.75, 3.05) is 13.2 Å². The summed E-state index contributed by atoms with van der Waals surface area (Å²) in [6, 6.07) is 9.01. The number of nitrogens with one attached hydrogen (secondary N) is 1. The van der Waals surface area contributed by atoms with E-state index >= 15 is 0 Å². The third-order valence-electron chi connectivity index (χ3n) is 2.50. The number of ether oxygens (including phenoxy) is 1. The smallest absolute Gasteiger partial charge is 0.261 e. The molecule has 0 unspecified atom stereocenters. The van der Waals surface area contributed by atoms with Gasteiger partial charge in [-0.05, 0) is 35.7 Å². The molecule has 20 heavy (non-hydrogen) atoms. The molecule has 6 heteroatoms. The van der Waals surface area contributed by atoms with Crippen LogP contribution in [0.4, 0.5) is 4.39 Å². The number of hydrogen-bond acceptors (Lipinski definition) is 4. The third-order valence-corrected chi connectivity index (χ3v) is 3.37. The van der Waals surface area contributed by atoms with Crippen molar-refractivity contribution in [1.82, 2.24) is 5.32 Å². The first-order valence-electron chi connectivity index (χ1n) is 6.03. The monoisotopic (exact) mass is 295 g/mol. The molecule has 0 bridgehead atoms. The number of carbonyl (C=O) groups excluding carboxylic acids is 1. The molecule has 0 aliphatic heterocycles. The number of hydrogen-bond donors (Lipinski definition) is 2. The molecule has 1 heterocycles. The quantitative estimate of drug-likeness (QED) is 0.857. The molecule has 0 fully saturated rings. The molecule has 0 saturated carbocycles. The summed E-state index contributed by atoms with van der Waals surface area (Å²) in [6.07, 6.45) is -0.830. The lowest BCUT2D eigenvalue weighted by Crippen LogP contribution is -2.34. The predicted octanol–water partition coefficient (Wildman–Crippen LogP) is 2.06. The molecule has 2 rings (SSSR count). The van der Waals surface area contributed by atoms with E-state index in [2.05, 4.69) is 5.32 Å². The Labute approximate surface area is 119 Å². The molecule has 0 radical (unpaired) electrons. The fraction of sp³-hybridized carbons (Fsp3) is 0.214. The Kier molecular flexibility index (Phi) is 5.09. The van der Waals surface area contributed by atoms with Crippen molar-refractivity contribution in [3.63, 3.8) is 0 Å². The molecule has 4 nitrogen and oxygen atoms in total. The lowest BCUT2D eigenvalue weighted by Gasteiger charge is -2.13. The molecule has 1 atom stereocenters. The zero-order valence-electron chi connectivity index (χ0n) is 10.6. The van der Waals surface area contributed by atoms with Crippen LogP contribution >= 0.6 is 11.3 Å². The van der Waals surface area contributed by atoms with Crippen molar-refractivity contribution in [3.8, 4) is 5.75 Å². The molecule has 1 aromatic carbocycles. The number of rotatable bonds is 6. The van der Waals surface area contributed by atoms with E-state index in [0.29, 0.717) is 10.6 Å². The van der Waals surface area contributed by atoms with E-state index in [1.807, 2.05) is 5.38 Å². The summed E-state index contributed by atoms with van der Waals surface area (Å²) in [5.74, 6) is -0.100. The second-order valence-electron chi connectivity index (χ2n) is 4.11. The van der Waals surface area contributed by atoms with Gasteiger partial charge in [0.05, 0.1) is 4.88 Å². The Balaban J connectivity index is 1.71. The average Bonchev–Trinajstić information content (AvgIpc) is 2.98. The summed E-state index contributed by atoms with van der Waals surface area (Å²) in [4.78, 5) is 12.2. The van der Waals surface area contributed by atoms with E-state index in [0.717, 1.165) is 0 Å². The first-order valence-corrected chi connectivity index (χ1v) is 6.91. The maximum absolute atomic E-state index is 12.7. The van der Waals surface area contributed by atoms with Crippen LogP contribution < -0.4 is 10.1 Å². The van der Waals surface area contributed by atoms with Gasteiger partial charge in [-0.25, -0.2) is 4.39 Å². The van der Waals surface area contributed by atoms with Crippen LogP contribution in [0, 0.1) is 5.82 Å². The van der Waals surface area contributed by atoms with E-state index in [4.69, 9.17) is 4.74 Å². The fourth-order valence-electron chi connectivity index (χ4n) is 1.49. The number of carbonyl (C=O) groups is 1. The van der Waals surface area contributed by atoms with Crippen molar-refractivity contribution < 1.29 is 19.0 Å². The number of amides is 1. The van der Waals surface area contributed by atoms with Crippen molar-refractivity contribution in [2.45, 2.75) is 6.10 Å². The molecule has 0 aliphatic carbocycles. The SMILES string of the molecule is O=C(NC[C@H](O)COc1ccc(F)cc1)c1cccs1. The molecule has 0 spiro atoms. The first kappa shape index (κ1) is 14.5. The van der Waals surface area contributed by atoms with Gasteiger partial charge in [0.1, 0.15) is 24.3 Å². The van der Waals surface area contributed by atoms with E-state index < -0.39 is 6.10 Å². The molecular weight excluding hydrogens is 281 g/mol. The summed E-state index contributed by atoms with van der Waals surface area (Å²) in [7, 11) is 0. The molecule has 0 aliphatic rings. The normalized spacial score (nSPS) is 11.9. The van der Waals surface area contributed by atoms with Crippen LogP contribution in [0.15, 0.2) is 41.8 Å². The van der Waals surface area contributed by atoms with Gasteiger partial charge < -0.3 is 15.2 Å². The zero-order chi connectivity index (χ0) is 14.4. The summed E-state index contributed by atoms with van der Waals surface area (Å²) >= 11 is 1.33. The molecule has 2 aromatic rings. The maximum atomic E-state index is 12.7. The van der Waals surface area contributed by atoms with E-state index in [-0.39, 0.29) is 24.9 Å². The molecule has 106 valence electrons. The van der Waals surface area contributed by atoms with Crippen LogP contribution in [0.5, 0.6) is 5.75 Å². The Morgan fingerprint density at radius 2 is 2.10 bits per heavy atom. The van der Waals surface area contributed by atoms with Gasteiger partial charge in [0, 0.05) is 6.54 Å². The van der Waals surface area contributed by atoms with Crippen LogP contribution in [0.2, 0.25) is 0 Å². The summed E-state index contributed by atoms with van der Waals surface area (Å²) < 4.78 is 18.0. The number of thiophene rings is 1. The number of aliphatic hydroxyl groups excluding tert-OH is 1. The van der Waals surface area contributed by atoms with E-state index in [9.17, 15) is 14.3 Å². The van der Waals surface area contributed by atoms with Gasteiger partial charge in [0.2, 0.25) is 0 Å². The van der Waals surface area contributed by atoms with Crippen LogP contribution in [-0.2, 0) is 0 Å². The highest BCUT2D eigenvalue weighted by molar-refractivity contribution is 7.12.